The fourth-order valence-electron chi connectivity index (χ4n) is 5.92. The summed E-state index contributed by atoms with van der Waals surface area (Å²) in [6.07, 6.45) is 7.11. The maximum Gasteiger partial charge on any atom is 0.332 e. The maximum absolute atomic E-state index is 11.5. The van der Waals surface area contributed by atoms with Gasteiger partial charge in [-0.15, -0.1) is 0 Å². The highest BCUT2D eigenvalue weighted by molar-refractivity contribution is 7.99. The molecule has 1 saturated heterocycles. The lowest BCUT2D eigenvalue weighted by molar-refractivity contribution is -0.148. The molecule has 1 saturated carbocycles. The molecule has 5 rings (SSSR count). The number of carbonyl (C=O) groups excluding carboxylic acids is 1. The predicted molar refractivity (Wildman–Crippen MR) is 132 cm³/mol. The number of hydrogen-bond acceptors (Lipinski definition) is 8. The minimum Gasteiger partial charge on any atom is -0.464 e. The molecule has 3 aliphatic rings. The number of nitrogens with zero attached hydrogens (tertiary/aromatic N) is 3. The molecule has 34 heavy (non-hydrogen) atoms. The van der Waals surface area contributed by atoms with Crippen LogP contribution in [-0.2, 0) is 20.8 Å². The Morgan fingerprint density at radius 1 is 1.24 bits per heavy atom. The summed E-state index contributed by atoms with van der Waals surface area (Å²) in [7, 11) is 0. The Hall–Kier alpha value is -2.16. The number of aromatic nitrogens is 2. The number of esters is 1. The number of rotatable bonds is 8. The molecule has 1 aromatic carbocycles. The Labute approximate surface area is 206 Å². The van der Waals surface area contributed by atoms with Crippen LogP contribution in [0.2, 0.25) is 0 Å². The maximum atomic E-state index is 11.5. The molecular formula is C26H34N4O3S. The van der Waals surface area contributed by atoms with Crippen LogP contribution >= 0.6 is 11.8 Å². The number of ether oxygens (including phenoxy) is 2. The van der Waals surface area contributed by atoms with E-state index in [0.29, 0.717) is 31.0 Å². The lowest BCUT2D eigenvalue weighted by Gasteiger charge is -2.50. The number of benzene rings is 1. The molecule has 2 fully saturated rings. The van der Waals surface area contributed by atoms with Gasteiger partial charge in [0.1, 0.15) is 11.6 Å². The van der Waals surface area contributed by atoms with Crippen molar-refractivity contribution in [2.45, 2.75) is 49.6 Å². The van der Waals surface area contributed by atoms with Crippen molar-refractivity contribution in [3.8, 4) is 0 Å². The van der Waals surface area contributed by atoms with Crippen molar-refractivity contribution < 1.29 is 14.3 Å². The molecule has 2 aromatic rings. The summed E-state index contributed by atoms with van der Waals surface area (Å²) in [6.45, 7) is 8.59. The number of fused-ring (bicyclic) bond motifs is 4. The standard InChI is InChI=1S/C26H34N4O3S/c1-3-33-24(31)16-32-11-8-20-19-6-4-17(2)21(20)15-30(14-19)13-18-5-7-23-22(12-18)29-25-26(34-23)28-10-9-27-25/h5,7,9-10,12,17,19-21H,3-4,6,8,11,13-16H2,1-2H3,(H,27,29). The first kappa shape index (κ1) is 23.6. The second kappa shape index (κ2) is 10.6. The van der Waals surface area contributed by atoms with E-state index in [2.05, 4.69) is 45.3 Å². The van der Waals surface area contributed by atoms with E-state index in [-0.39, 0.29) is 12.6 Å². The Balaban J connectivity index is 1.19. The van der Waals surface area contributed by atoms with Crippen LogP contribution in [0.15, 0.2) is 40.5 Å². The molecule has 4 atom stereocenters. The van der Waals surface area contributed by atoms with Gasteiger partial charge in [-0.05, 0) is 61.1 Å². The Morgan fingerprint density at radius 3 is 3.00 bits per heavy atom. The van der Waals surface area contributed by atoms with Gasteiger partial charge < -0.3 is 14.8 Å². The molecule has 2 aliphatic heterocycles. The molecule has 0 radical (unpaired) electrons. The van der Waals surface area contributed by atoms with Gasteiger partial charge in [-0.1, -0.05) is 31.2 Å². The fraction of sp³-hybridized carbons (Fsp3) is 0.577. The number of hydrogen-bond donors (Lipinski definition) is 1. The normalized spacial score (nSPS) is 25.7. The molecule has 7 nitrogen and oxygen atoms in total. The van der Waals surface area contributed by atoms with Gasteiger partial charge in [0.25, 0.3) is 0 Å². The molecule has 4 unspecified atom stereocenters. The Kier molecular flexibility index (Phi) is 7.37. The summed E-state index contributed by atoms with van der Waals surface area (Å²) < 4.78 is 10.6. The zero-order chi connectivity index (χ0) is 23.5. The molecule has 2 bridgehead atoms. The highest BCUT2D eigenvalue weighted by Crippen LogP contribution is 2.45. The van der Waals surface area contributed by atoms with Gasteiger partial charge >= 0.3 is 5.97 Å². The van der Waals surface area contributed by atoms with Gasteiger partial charge in [0.05, 0.1) is 12.3 Å². The number of carbonyl (C=O) groups is 1. The summed E-state index contributed by atoms with van der Waals surface area (Å²) in [5, 5.41) is 4.39. The second-order valence-electron chi connectivity index (χ2n) is 9.75. The van der Waals surface area contributed by atoms with Crippen molar-refractivity contribution in [2.75, 3.05) is 38.2 Å². The molecule has 0 spiro atoms. The van der Waals surface area contributed by atoms with Crippen LogP contribution in [0.5, 0.6) is 0 Å². The molecule has 3 heterocycles. The number of anilines is 2. The lowest BCUT2D eigenvalue weighted by atomic mass is 9.63. The van der Waals surface area contributed by atoms with E-state index in [1.165, 1.54) is 23.3 Å². The van der Waals surface area contributed by atoms with E-state index in [1.807, 2.05) is 6.92 Å². The molecule has 1 aliphatic carbocycles. The molecule has 182 valence electrons. The van der Waals surface area contributed by atoms with Crippen molar-refractivity contribution in [1.82, 2.24) is 14.9 Å². The average Bonchev–Trinajstić information content (AvgIpc) is 2.83. The van der Waals surface area contributed by atoms with Crippen LogP contribution in [0, 0.1) is 23.7 Å². The minimum absolute atomic E-state index is 0.0677. The highest BCUT2D eigenvalue weighted by Gasteiger charge is 2.42. The highest BCUT2D eigenvalue weighted by atomic mass is 32.2. The second-order valence-corrected chi connectivity index (χ2v) is 10.8. The van der Waals surface area contributed by atoms with Crippen LogP contribution in [0.3, 0.4) is 0 Å². The number of nitrogens with one attached hydrogen (secondary N) is 1. The fourth-order valence-corrected chi connectivity index (χ4v) is 6.80. The zero-order valence-corrected chi connectivity index (χ0v) is 20.9. The zero-order valence-electron chi connectivity index (χ0n) is 20.0. The summed E-state index contributed by atoms with van der Waals surface area (Å²) in [5.74, 6) is 3.37. The summed E-state index contributed by atoms with van der Waals surface area (Å²) in [6, 6.07) is 6.73. The van der Waals surface area contributed by atoms with E-state index in [4.69, 9.17) is 9.47 Å². The molecule has 1 aromatic heterocycles. The predicted octanol–water partition coefficient (Wildman–Crippen LogP) is 4.75. The van der Waals surface area contributed by atoms with Crippen LogP contribution in [0.1, 0.15) is 38.7 Å². The van der Waals surface area contributed by atoms with Gasteiger partial charge in [-0.2, -0.15) is 0 Å². The average molecular weight is 483 g/mol. The van der Waals surface area contributed by atoms with Crippen LogP contribution in [-0.4, -0.2) is 53.7 Å². The summed E-state index contributed by atoms with van der Waals surface area (Å²) in [5.41, 5.74) is 2.46. The van der Waals surface area contributed by atoms with Crippen molar-refractivity contribution in [3.63, 3.8) is 0 Å². The third kappa shape index (κ3) is 5.24. The Bertz CT molecular complexity index is 1020. The third-order valence-corrected chi connectivity index (χ3v) is 8.60. The number of piperidine rings is 1. The van der Waals surface area contributed by atoms with E-state index in [9.17, 15) is 4.79 Å². The topological polar surface area (TPSA) is 76.6 Å². The van der Waals surface area contributed by atoms with E-state index in [1.54, 1.807) is 24.2 Å². The third-order valence-electron chi connectivity index (χ3n) is 7.54. The van der Waals surface area contributed by atoms with Crippen molar-refractivity contribution >= 4 is 29.2 Å². The summed E-state index contributed by atoms with van der Waals surface area (Å²) >= 11 is 1.67. The monoisotopic (exact) mass is 482 g/mol. The van der Waals surface area contributed by atoms with Gasteiger partial charge in [-0.3, -0.25) is 4.90 Å². The largest absolute Gasteiger partial charge is 0.464 e. The quantitative estimate of drug-likeness (QED) is 0.364. The van der Waals surface area contributed by atoms with Gasteiger partial charge in [0, 0.05) is 43.5 Å². The summed E-state index contributed by atoms with van der Waals surface area (Å²) in [4.78, 5) is 24.2. The molecule has 1 N–H and O–H groups in total. The van der Waals surface area contributed by atoms with Crippen LogP contribution in [0.25, 0.3) is 0 Å². The Morgan fingerprint density at radius 2 is 2.12 bits per heavy atom. The van der Waals surface area contributed by atoms with E-state index < -0.39 is 0 Å². The van der Waals surface area contributed by atoms with Crippen LogP contribution < -0.4 is 5.32 Å². The minimum atomic E-state index is -0.264. The lowest BCUT2D eigenvalue weighted by Crippen LogP contribution is -2.51. The first-order chi connectivity index (χ1) is 16.6. The smallest absolute Gasteiger partial charge is 0.332 e. The van der Waals surface area contributed by atoms with Crippen molar-refractivity contribution in [3.05, 3.63) is 36.2 Å². The van der Waals surface area contributed by atoms with Crippen molar-refractivity contribution in [2.24, 2.45) is 23.7 Å². The first-order valence-electron chi connectivity index (χ1n) is 12.4. The van der Waals surface area contributed by atoms with Gasteiger partial charge in [0.15, 0.2) is 5.82 Å². The van der Waals surface area contributed by atoms with Crippen molar-refractivity contribution in [1.29, 1.82) is 0 Å². The first-order valence-corrected chi connectivity index (χ1v) is 13.3. The molecule has 8 heteroatoms. The molecule has 0 amide bonds. The van der Waals surface area contributed by atoms with Crippen LogP contribution in [0.4, 0.5) is 11.5 Å². The SMILES string of the molecule is CCOC(=O)COCCC1C2CCC(C)C1CN(Cc1ccc3c(c1)Nc1nccnc1S3)C2. The van der Waals surface area contributed by atoms with E-state index in [0.717, 1.165) is 48.5 Å². The number of likely N-dealkylation sites (tertiary alicyclic amines) is 1. The molecular weight excluding hydrogens is 448 g/mol. The van der Waals surface area contributed by atoms with E-state index >= 15 is 0 Å². The van der Waals surface area contributed by atoms with Gasteiger partial charge in [0.2, 0.25) is 0 Å². The van der Waals surface area contributed by atoms with Gasteiger partial charge in [-0.25, -0.2) is 14.8 Å².